The molecule has 1 heterocycles. The van der Waals surface area contributed by atoms with Crippen molar-refractivity contribution in [2.75, 3.05) is 5.32 Å². The average molecular weight is 256 g/mol. The summed E-state index contributed by atoms with van der Waals surface area (Å²) < 4.78 is 13.4. The Morgan fingerprint density at radius 3 is 3.00 bits per heavy atom. The molecule has 2 aromatic rings. The third kappa shape index (κ3) is 3.25. The van der Waals surface area contributed by atoms with E-state index in [9.17, 15) is 9.18 Å². The molecule has 1 N–H and O–H groups in total. The van der Waals surface area contributed by atoms with Crippen molar-refractivity contribution in [3.63, 3.8) is 0 Å². The smallest absolute Gasteiger partial charge is 0.248 e. The van der Waals surface area contributed by atoms with Gasteiger partial charge in [0.1, 0.15) is 5.82 Å². The van der Waals surface area contributed by atoms with Gasteiger partial charge in [0.05, 0.1) is 5.69 Å². The van der Waals surface area contributed by atoms with Crippen LogP contribution < -0.4 is 5.32 Å². The fraction of sp³-hybridized carbons (Fsp3) is 0.0667. The molecule has 0 fully saturated rings. The van der Waals surface area contributed by atoms with Crippen LogP contribution in [0.4, 0.5) is 10.1 Å². The second-order valence-corrected chi connectivity index (χ2v) is 3.92. The number of anilines is 1. The van der Waals surface area contributed by atoms with Gasteiger partial charge in [-0.2, -0.15) is 0 Å². The summed E-state index contributed by atoms with van der Waals surface area (Å²) >= 11 is 0. The van der Waals surface area contributed by atoms with Gasteiger partial charge < -0.3 is 5.32 Å². The summed E-state index contributed by atoms with van der Waals surface area (Å²) in [5.41, 5.74) is 0.438. The van der Waals surface area contributed by atoms with Crippen LogP contribution in [0.1, 0.15) is 6.92 Å². The van der Waals surface area contributed by atoms with Crippen LogP contribution in [0.25, 0.3) is 10.8 Å². The summed E-state index contributed by atoms with van der Waals surface area (Å²) in [6.07, 6.45) is 9.73. The fourth-order valence-electron chi connectivity index (χ4n) is 1.70. The summed E-state index contributed by atoms with van der Waals surface area (Å²) in [4.78, 5) is 15.6. The normalized spacial score (nSPS) is 11.5. The highest BCUT2D eigenvalue weighted by Crippen LogP contribution is 2.24. The minimum Gasteiger partial charge on any atom is -0.322 e. The first-order chi connectivity index (χ1) is 9.20. The minimum atomic E-state index is -0.409. The molecule has 1 aromatic heterocycles. The SMILES string of the molecule is C/C=C/C=C/C(=O)Nc1cc(F)cc2cnccc12. The molecule has 0 radical (unpaired) electrons. The molecule has 4 heteroatoms. The van der Waals surface area contributed by atoms with E-state index in [-0.39, 0.29) is 5.91 Å². The molecular weight excluding hydrogens is 243 g/mol. The Morgan fingerprint density at radius 1 is 1.37 bits per heavy atom. The molecule has 2 rings (SSSR count). The zero-order chi connectivity index (χ0) is 13.7. The third-order valence-electron chi connectivity index (χ3n) is 2.53. The lowest BCUT2D eigenvalue weighted by Gasteiger charge is -2.07. The molecular formula is C15H13FN2O. The number of carbonyl (C=O) groups excluding carboxylic acids is 1. The highest BCUT2D eigenvalue weighted by molar-refractivity contribution is 6.06. The van der Waals surface area contributed by atoms with Crippen LogP contribution in [-0.2, 0) is 4.79 Å². The maximum absolute atomic E-state index is 13.4. The molecule has 0 spiro atoms. The van der Waals surface area contributed by atoms with Crippen LogP contribution in [0, 0.1) is 5.82 Å². The highest BCUT2D eigenvalue weighted by atomic mass is 19.1. The predicted molar refractivity (Wildman–Crippen MR) is 74.3 cm³/mol. The van der Waals surface area contributed by atoms with E-state index in [1.165, 1.54) is 18.2 Å². The zero-order valence-corrected chi connectivity index (χ0v) is 10.4. The minimum absolute atomic E-state index is 0.304. The van der Waals surface area contributed by atoms with Gasteiger partial charge in [-0.05, 0) is 25.1 Å². The van der Waals surface area contributed by atoms with E-state index in [2.05, 4.69) is 10.3 Å². The molecule has 19 heavy (non-hydrogen) atoms. The van der Waals surface area contributed by atoms with E-state index in [4.69, 9.17) is 0 Å². The lowest BCUT2D eigenvalue weighted by atomic mass is 10.1. The molecule has 0 aliphatic rings. The highest BCUT2D eigenvalue weighted by Gasteiger charge is 2.06. The monoisotopic (exact) mass is 256 g/mol. The average Bonchev–Trinajstić information content (AvgIpc) is 2.39. The fourth-order valence-corrected chi connectivity index (χ4v) is 1.70. The number of carbonyl (C=O) groups is 1. The number of pyridine rings is 1. The topological polar surface area (TPSA) is 42.0 Å². The number of fused-ring (bicyclic) bond motifs is 1. The Hall–Kier alpha value is -2.49. The number of hydrogen-bond acceptors (Lipinski definition) is 2. The molecule has 0 unspecified atom stereocenters. The number of aromatic nitrogens is 1. The Kier molecular flexibility index (Phi) is 4.03. The van der Waals surface area contributed by atoms with Crippen molar-refractivity contribution in [3.05, 3.63) is 60.7 Å². The molecule has 1 aromatic carbocycles. The standard InChI is InChI=1S/C15H13FN2O/c1-2-3-4-5-15(19)18-14-9-12(16)8-11-10-17-7-6-13(11)14/h2-10H,1H3,(H,18,19)/b3-2+,5-4+. The first kappa shape index (κ1) is 13.0. The Morgan fingerprint density at radius 2 is 2.21 bits per heavy atom. The Bertz CT molecular complexity index is 662. The van der Waals surface area contributed by atoms with E-state index < -0.39 is 5.82 Å². The lowest BCUT2D eigenvalue weighted by Crippen LogP contribution is -2.08. The maximum atomic E-state index is 13.4. The number of allylic oxidation sites excluding steroid dienone is 3. The van der Waals surface area contributed by atoms with Gasteiger partial charge in [0.2, 0.25) is 5.91 Å². The quantitative estimate of drug-likeness (QED) is 0.675. The van der Waals surface area contributed by atoms with Crippen molar-refractivity contribution in [1.82, 2.24) is 4.98 Å². The van der Waals surface area contributed by atoms with Crippen molar-refractivity contribution >= 4 is 22.4 Å². The van der Waals surface area contributed by atoms with Gasteiger partial charge in [0, 0.05) is 29.2 Å². The molecule has 0 saturated carbocycles. The number of nitrogens with zero attached hydrogens (tertiary/aromatic N) is 1. The van der Waals surface area contributed by atoms with Gasteiger partial charge in [-0.15, -0.1) is 0 Å². The van der Waals surface area contributed by atoms with Crippen molar-refractivity contribution in [1.29, 1.82) is 0 Å². The van der Waals surface area contributed by atoms with Gasteiger partial charge in [0.15, 0.2) is 0 Å². The Labute approximate surface area is 110 Å². The van der Waals surface area contributed by atoms with Crippen molar-refractivity contribution < 1.29 is 9.18 Å². The van der Waals surface area contributed by atoms with Gasteiger partial charge in [-0.3, -0.25) is 9.78 Å². The summed E-state index contributed by atoms with van der Waals surface area (Å²) in [7, 11) is 0. The number of halogens is 1. The lowest BCUT2D eigenvalue weighted by molar-refractivity contribution is -0.111. The van der Waals surface area contributed by atoms with E-state index in [0.29, 0.717) is 11.1 Å². The first-order valence-electron chi connectivity index (χ1n) is 5.84. The van der Waals surface area contributed by atoms with Gasteiger partial charge >= 0.3 is 0 Å². The first-order valence-corrected chi connectivity index (χ1v) is 5.84. The largest absolute Gasteiger partial charge is 0.322 e. The number of amides is 1. The molecule has 1 amide bonds. The molecule has 0 bridgehead atoms. The third-order valence-corrected chi connectivity index (χ3v) is 2.53. The number of rotatable bonds is 3. The molecule has 0 saturated heterocycles. The van der Waals surface area contributed by atoms with Crippen LogP contribution in [0.5, 0.6) is 0 Å². The van der Waals surface area contributed by atoms with Crippen LogP contribution in [0.15, 0.2) is 54.9 Å². The molecule has 3 nitrogen and oxygen atoms in total. The second kappa shape index (κ2) is 5.91. The summed E-state index contributed by atoms with van der Waals surface area (Å²) in [6, 6.07) is 4.41. The van der Waals surface area contributed by atoms with Crippen LogP contribution >= 0.6 is 0 Å². The van der Waals surface area contributed by atoms with Crippen molar-refractivity contribution in [2.24, 2.45) is 0 Å². The van der Waals surface area contributed by atoms with Crippen molar-refractivity contribution in [3.8, 4) is 0 Å². The van der Waals surface area contributed by atoms with E-state index in [1.807, 2.05) is 13.0 Å². The van der Waals surface area contributed by atoms with Gasteiger partial charge in [-0.25, -0.2) is 4.39 Å². The number of benzene rings is 1. The molecule has 0 aliphatic carbocycles. The Balaban J connectivity index is 2.32. The van der Waals surface area contributed by atoms with E-state index >= 15 is 0 Å². The summed E-state index contributed by atoms with van der Waals surface area (Å²) in [5, 5.41) is 4.06. The van der Waals surface area contributed by atoms with Gasteiger partial charge in [0.25, 0.3) is 0 Å². The van der Waals surface area contributed by atoms with E-state index in [1.54, 1.807) is 30.6 Å². The van der Waals surface area contributed by atoms with Crippen LogP contribution in [0.2, 0.25) is 0 Å². The van der Waals surface area contributed by atoms with E-state index in [0.717, 1.165) is 5.39 Å². The summed E-state index contributed by atoms with van der Waals surface area (Å²) in [5.74, 6) is -0.713. The van der Waals surface area contributed by atoms with Crippen molar-refractivity contribution in [2.45, 2.75) is 6.92 Å². The van der Waals surface area contributed by atoms with Crippen LogP contribution in [0.3, 0.4) is 0 Å². The van der Waals surface area contributed by atoms with Gasteiger partial charge in [-0.1, -0.05) is 18.2 Å². The summed E-state index contributed by atoms with van der Waals surface area (Å²) in [6.45, 7) is 1.86. The zero-order valence-electron chi connectivity index (χ0n) is 10.4. The predicted octanol–water partition coefficient (Wildman–Crippen LogP) is 3.44. The molecule has 0 atom stereocenters. The second-order valence-electron chi connectivity index (χ2n) is 3.92. The molecule has 0 aliphatic heterocycles. The number of hydrogen-bond donors (Lipinski definition) is 1. The number of nitrogens with one attached hydrogen (secondary N) is 1. The molecule has 96 valence electrons. The van der Waals surface area contributed by atoms with Crippen LogP contribution in [-0.4, -0.2) is 10.9 Å². The maximum Gasteiger partial charge on any atom is 0.248 e.